The molecule has 1 atom stereocenters. The molecule has 2 aliphatic heterocycles. The third-order valence-corrected chi connectivity index (χ3v) is 4.77. The number of hydrogen-bond acceptors (Lipinski definition) is 5. The minimum absolute atomic E-state index is 0.0313. The van der Waals surface area contributed by atoms with Crippen molar-refractivity contribution in [3.8, 4) is 11.5 Å². The number of thiocarbonyl (C=S) groups is 1. The SMILES string of the molecule is COc1ccc([C@@H]2NC(=S)NC(C)=C2C(=O)N2CCOCC2)c(OC)c1. The molecule has 0 bridgehead atoms. The van der Waals surface area contributed by atoms with Crippen molar-refractivity contribution in [3.05, 3.63) is 35.0 Å². The molecule has 0 aromatic heterocycles. The molecule has 2 heterocycles. The van der Waals surface area contributed by atoms with Gasteiger partial charge in [0.15, 0.2) is 5.11 Å². The fourth-order valence-corrected chi connectivity index (χ4v) is 3.48. The minimum Gasteiger partial charge on any atom is -0.497 e. The van der Waals surface area contributed by atoms with Crippen molar-refractivity contribution in [1.29, 1.82) is 0 Å². The van der Waals surface area contributed by atoms with E-state index in [-0.39, 0.29) is 5.91 Å². The second kappa shape index (κ2) is 7.92. The van der Waals surface area contributed by atoms with Gasteiger partial charge in [-0.2, -0.15) is 0 Å². The monoisotopic (exact) mass is 377 g/mol. The summed E-state index contributed by atoms with van der Waals surface area (Å²) < 4.78 is 16.2. The molecule has 8 heteroatoms. The van der Waals surface area contributed by atoms with Gasteiger partial charge in [-0.25, -0.2) is 0 Å². The van der Waals surface area contributed by atoms with E-state index in [0.717, 1.165) is 11.3 Å². The molecule has 140 valence electrons. The zero-order valence-corrected chi connectivity index (χ0v) is 15.9. The van der Waals surface area contributed by atoms with Crippen LogP contribution < -0.4 is 20.1 Å². The number of rotatable bonds is 4. The summed E-state index contributed by atoms with van der Waals surface area (Å²) in [6.07, 6.45) is 0. The van der Waals surface area contributed by atoms with Gasteiger partial charge in [-0.1, -0.05) is 0 Å². The maximum Gasteiger partial charge on any atom is 0.254 e. The van der Waals surface area contributed by atoms with Gasteiger partial charge in [0.05, 0.1) is 39.0 Å². The highest BCUT2D eigenvalue weighted by Crippen LogP contribution is 2.36. The Morgan fingerprint density at radius 1 is 1.27 bits per heavy atom. The van der Waals surface area contributed by atoms with E-state index in [9.17, 15) is 4.79 Å². The predicted octanol–water partition coefficient (Wildman–Crippen LogP) is 1.36. The van der Waals surface area contributed by atoms with E-state index in [1.807, 2.05) is 24.0 Å². The number of nitrogens with zero attached hydrogens (tertiary/aromatic N) is 1. The van der Waals surface area contributed by atoms with Crippen LogP contribution in [0.3, 0.4) is 0 Å². The molecule has 1 fully saturated rings. The molecule has 26 heavy (non-hydrogen) atoms. The molecular formula is C18H23N3O4S. The molecule has 0 saturated carbocycles. The van der Waals surface area contributed by atoms with Crippen LogP contribution in [0.4, 0.5) is 0 Å². The van der Waals surface area contributed by atoms with E-state index in [1.165, 1.54) is 0 Å². The van der Waals surface area contributed by atoms with Gasteiger partial charge in [-0.3, -0.25) is 4.79 Å². The Balaban J connectivity index is 2.01. The Morgan fingerprint density at radius 3 is 2.65 bits per heavy atom. The fraction of sp³-hybridized carbons (Fsp3) is 0.444. The minimum atomic E-state index is -0.403. The van der Waals surface area contributed by atoms with Crippen molar-refractivity contribution in [3.63, 3.8) is 0 Å². The number of morpholine rings is 1. The smallest absolute Gasteiger partial charge is 0.254 e. The maximum atomic E-state index is 13.2. The predicted molar refractivity (Wildman–Crippen MR) is 101 cm³/mol. The lowest BCUT2D eigenvalue weighted by atomic mass is 9.93. The van der Waals surface area contributed by atoms with E-state index >= 15 is 0 Å². The first-order valence-corrected chi connectivity index (χ1v) is 8.83. The highest BCUT2D eigenvalue weighted by molar-refractivity contribution is 7.80. The number of hydrogen-bond donors (Lipinski definition) is 2. The van der Waals surface area contributed by atoms with Crippen LogP contribution in [0.25, 0.3) is 0 Å². The first kappa shape index (κ1) is 18.5. The summed E-state index contributed by atoms with van der Waals surface area (Å²) in [5.74, 6) is 1.28. The molecule has 1 aromatic carbocycles. The number of amides is 1. The second-order valence-corrected chi connectivity index (χ2v) is 6.49. The first-order chi connectivity index (χ1) is 12.5. The Labute approximate surface area is 158 Å². The van der Waals surface area contributed by atoms with Crippen LogP contribution in [0.5, 0.6) is 11.5 Å². The molecule has 0 radical (unpaired) electrons. The van der Waals surface area contributed by atoms with Crippen molar-refractivity contribution in [2.75, 3.05) is 40.5 Å². The Kier molecular flexibility index (Phi) is 5.63. The van der Waals surface area contributed by atoms with E-state index in [4.69, 9.17) is 26.4 Å². The number of carbonyl (C=O) groups is 1. The summed E-state index contributed by atoms with van der Waals surface area (Å²) >= 11 is 5.32. The van der Waals surface area contributed by atoms with Gasteiger partial charge in [0.25, 0.3) is 5.91 Å². The highest BCUT2D eigenvalue weighted by atomic mass is 32.1. The van der Waals surface area contributed by atoms with Crippen LogP contribution in [-0.4, -0.2) is 56.4 Å². The number of benzene rings is 1. The number of methoxy groups -OCH3 is 2. The van der Waals surface area contributed by atoms with Crippen LogP contribution in [0, 0.1) is 0 Å². The van der Waals surface area contributed by atoms with Crippen LogP contribution in [0.15, 0.2) is 29.5 Å². The Morgan fingerprint density at radius 2 is 2.00 bits per heavy atom. The summed E-state index contributed by atoms with van der Waals surface area (Å²) in [7, 11) is 3.20. The molecule has 0 aliphatic carbocycles. The standard InChI is InChI=1S/C18H23N3O4S/c1-11-15(17(22)21-6-8-25-9-7-21)16(20-18(26)19-11)13-5-4-12(23-2)10-14(13)24-3/h4-5,10,16H,6-9H2,1-3H3,(H2,19,20,26)/t16-/m0/s1. The number of allylic oxidation sites excluding steroid dienone is 1. The first-order valence-electron chi connectivity index (χ1n) is 8.42. The van der Waals surface area contributed by atoms with E-state index < -0.39 is 6.04 Å². The van der Waals surface area contributed by atoms with Crippen LogP contribution in [0.2, 0.25) is 0 Å². The lowest BCUT2D eigenvalue weighted by molar-refractivity contribution is -0.131. The van der Waals surface area contributed by atoms with Gasteiger partial charge in [0.2, 0.25) is 0 Å². The number of nitrogens with one attached hydrogen (secondary N) is 2. The molecular weight excluding hydrogens is 354 g/mol. The second-order valence-electron chi connectivity index (χ2n) is 6.08. The fourth-order valence-electron chi connectivity index (χ4n) is 3.20. The summed E-state index contributed by atoms with van der Waals surface area (Å²) in [6.45, 7) is 4.12. The topological polar surface area (TPSA) is 72.1 Å². The van der Waals surface area contributed by atoms with Crippen LogP contribution in [-0.2, 0) is 9.53 Å². The van der Waals surface area contributed by atoms with Gasteiger partial charge in [-0.15, -0.1) is 0 Å². The Hall–Kier alpha value is -2.32. The molecule has 0 unspecified atom stereocenters. The van der Waals surface area contributed by atoms with E-state index in [2.05, 4.69) is 10.6 Å². The zero-order chi connectivity index (χ0) is 18.7. The highest BCUT2D eigenvalue weighted by Gasteiger charge is 2.34. The van der Waals surface area contributed by atoms with Gasteiger partial charge < -0.3 is 29.7 Å². The van der Waals surface area contributed by atoms with Crippen molar-refractivity contribution in [1.82, 2.24) is 15.5 Å². The number of carbonyl (C=O) groups excluding carboxylic acids is 1. The van der Waals surface area contributed by atoms with Crippen molar-refractivity contribution in [2.24, 2.45) is 0 Å². The average Bonchev–Trinajstić information content (AvgIpc) is 2.67. The normalized spacial score (nSPS) is 20.3. The maximum absolute atomic E-state index is 13.2. The number of ether oxygens (including phenoxy) is 3. The summed E-state index contributed by atoms with van der Waals surface area (Å²) in [6, 6.07) is 5.13. The summed E-state index contributed by atoms with van der Waals surface area (Å²) in [5.41, 5.74) is 2.20. The van der Waals surface area contributed by atoms with Crippen molar-refractivity contribution < 1.29 is 19.0 Å². The zero-order valence-electron chi connectivity index (χ0n) is 15.1. The van der Waals surface area contributed by atoms with Gasteiger partial charge in [0, 0.05) is 30.4 Å². The molecule has 2 aliphatic rings. The van der Waals surface area contributed by atoms with Crippen LogP contribution >= 0.6 is 12.2 Å². The van der Waals surface area contributed by atoms with E-state index in [1.54, 1.807) is 20.3 Å². The molecule has 1 saturated heterocycles. The van der Waals surface area contributed by atoms with Gasteiger partial charge >= 0.3 is 0 Å². The third-order valence-electron chi connectivity index (χ3n) is 4.55. The van der Waals surface area contributed by atoms with Gasteiger partial charge in [0.1, 0.15) is 11.5 Å². The molecule has 7 nitrogen and oxygen atoms in total. The van der Waals surface area contributed by atoms with Crippen molar-refractivity contribution in [2.45, 2.75) is 13.0 Å². The van der Waals surface area contributed by atoms with E-state index in [0.29, 0.717) is 48.5 Å². The quantitative estimate of drug-likeness (QED) is 0.768. The molecule has 1 amide bonds. The van der Waals surface area contributed by atoms with Crippen LogP contribution in [0.1, 0.15) is 18.5 Å². The largest absolute Gasteiger partial charge is 0.497 e. The van der Waals surface area contributed by atoms with Gasteiger partial charge in [-0.05, 0) is 31.3 Å². The lowest BCUT2D eigenvalue weighted by Gasteiger charge is -2.35. The summed E-state index contributed by atoms with van der Waals surface area (Å²) in [4.78, 5) is 15.0. The third kappa shape index (κ3) is 3.61. The molecule has 1 aromatic rings. The molecule has 0 spiro atoms. The lowest BCUT2D eigenvalue weighted by Crippen LogP contribution is -2.49. The summed E-state index contributed by atoms with van der Waals surface area (Å²) in [5, 5.41) is 6.75. The van der Waals surface area contributed by atoms with Crippen molar-refractivity contribution >= 4 is 23.2 Å². The Bertz CT molecular complexity index is 744. The molecule has 3 rings (SSSR count). The average molecular weight is 377 g/mol. The molecule has 2 N–H and O–H groups in total.